The lowest BCUT2D eigenvalue weighted by atomic mass is 9.96. The third kappa shape index (κ3) is 4.38. The van der Waals surface area contributed by atoms with E-state index >= 15 is 0 Å². The van der Waals surface area contributed by atoms with Gasteiger partial charge in [-0.3, -0.25) is 9.59 Å². The number of carbonyl (C=O) groups is 2. The molecule has 0 bridgehead atoms. The fourth-order valence-electron chi connectivity index (χ4n) is 4.21. The SMILES string of the molecule is CNCC1CCCN(C(=O)C2CCN(c3cc(C)cc(C)c3)C2=O)C1.Cl. The first kappa shape index (κ1) is 20.7. The minimum absolute atomic E-state index is 0. The van der Waals surface area contributed by atoms with E-state index in [1.54, 1.807) is 4.90 Å². The van der Waals surface area contributed by atoms with Crippen molar-refractivity contribution >= 4 is 29.9 Å². The van der Waals surface area contributed by atoms with E-state index < -0.39 is 5.92 Å². The topological polar surface area (TPSA) is 52.7 Å². The molecule has 6 heteroatoms. The molecule has 0 spiro atoms. The number of nitrogens with zero attached hydrogens (tertiary/aromatic N) is 2. The highest BCUT2D eigenvalue weighted by molar-refractivity contribution is 6.09. The van der Waals surface area contributed by atoms with Gasteiger partial charge < -0.3 is 15.1 Å². The number of hydrogen-bond acceptors (Lipinski definition) is 3. The number of rotatable bonds is 4. The van der Waals surface area contributed by atoms with Gasteiger partial charge in [0.1, 0.15) is 5.92 Å². The van der Waals surface area contributed by atoms with E-state index in [1.165, 1.54) is 0 Å². The van der Waals surface area contributed by atoms with E-state index in [0.29, 0.717) is 18.9 Å². The number of halogens is 1. The van der Waals surface area contributed by atoms with Crippen LogP contribution in [0.4, 0.5) is 5.69 Å². The summed E-state index contributed by atoms with van der Waals surface area (Å²) < 4.78 is 0. The third-order valence-electron chi connectivity index (χ3n) is 5.35. The van der Waals surface area contributed by atoms with Gasteiger partial charge in [0.05, 0.1) is 0 Å². The number of aryl methyl sites for hydroxylation is 2. The Hall–Kier alpha value is -1.59. The molecule has 0 aliphatic carbocycles. The van der Waals surface area contributed by atoms with E-state index in [-0.39, 0.29) is 24.2 Å². The smallest absolute Gasteiger partial charge is 0.239 e. The molecule has 5 nitrogen and oxygen atoms in total. The van der Waals surface area contributed by atoms with Crippen LogP contribution in [0.1, 0.15) is 30.4 Å². The zero-order chi connectivity index (χ0) is 18.0. The summed E-state index contributed by atoms with van der Waals surface area (Å²) in [5, 5.41) is 3.20. The molecule has 2 aliphatic heterocycles. The predicted octanol–water partition coefficient (Wildman–Crippen LogP) is 2.54. The Morgan fingerprint density at radius 1 is 1.15 bits per heavy atom. The van der Waals surface area contributed by atoms with Crippen LogP contribution in [0.5, 0.6) is 0 Å². The zero-order valence-electron chi connectivity index (χ0n) is 16.0. The van der Waals surface area contributed by atoms with Crippen molar-refractivity contribution in [1.82, 2.24) is 10.2 Å². The zero-order valence-corrected chi connectivity index (χ0v) is 16.8. The minimum Gasteiger partial charge on any atom is -0.342 e. The molecule has 0 radical (unpaired) electrons. The van der Waals surface area contributed by atoms with E-state index in [1.807, 2.05) is 37.9 Å². The summed E-state index contributed by atoms with van der Waals surface area (Å²) in [6.07, 6.45) is 2.80. The molecule has 2 saturated heterocycles. The van der Waals surface area contributed by atoms with Crippen molar-refractivity contribution in [3.05, 3.63) is 29.3 Å². The van der Waals surface area contributed by atoms with Gasteiger partial charge in [-0.15, -0.1) is 12.4 Å². The second kappa shape index (κ2) is 8.87. The molecule has 0 aromatic heterocycles. The average Bonchev–Trinajstić information content (AvgIpc) is 2.95. The van der Waals surface area contributed by atoms with Crippen molar-refractivity contribution in [3.8, 4) is 0 Å². The summed E-state index contributed by atoms with van der Waals surface area (Å²) in [5.74, 6) is -0.0210. The molecule has 1 aromatic rings. The van der Waals surface area contributed by atoms with Crippen LogP contribution in [0.15, 0.2) is 18.2 Å². The number of likely N-dealkylation sites (tertiary alicyclic amines) is 1. The Labute approximate surface area is 162 Å². The highest BCUT2D eigenvalue weighted by atomic mass is 35.5. The van der Waals surface area contributed by atoms with Gasteiger partial charge in [-0.05, 0) is 75.9 Å². The standard InChI is InChI=1S/C20H29N3O2.ClH/c1-14-9-15(2)11-17(10-14)23-8-6-18(20(23)25)19(24)22-7-4-5-16(13-22)12-21-3;/h9-11,16,18,21H,4-8,12-13H2,1-3H3;1H. The first-order valence-electron chi connectivity index (χ1n) is 9.32. The van der Waals surface area contributed by atoms with Crippen molar-refractivity contribution in [3.63, 3.8) is 0 Å². The van der Waals surface area contributed by atoms with E-state index in [9.17, 15) is 9.59 Å². The Morgan fingerprint density at radius 3 is 2.50 bits per heavy atom. The summed E-state index contributed by atoms with van der Waals surface area (Å²) in [7, 11) is 1.95. The molecule has 0 saturated carbocycles. The number of hydrogen-bond donors (Lipinski definition) is 1. The van der Waals surface area contributed by atoms with Crippen LogP contribution >= 0.6 is 12.4 Å². The molecule has 2 atom stereocenters. The Balaban J connectivity index is 0.00000243. The van der Waals surface area contributed by atoms with Crippen molar-refractivity contribution < 1.29 is 9.59 Å². The second-order valence-electron chi connectivity index (χ2n) is 7.53. The van der Waals surface area contributed by atoms with Gasteiger partial charge in [-0.25, -0.2) is 0 Å². The molecule has 3 rings (SSSR count). The molecule has 2 heterocycles. The van der Waals surface area contributed by atoms with Crippen LogP contribution < -0.4 is 10.2 Å². The summed E-state index contributed by atoms with van der Waals surface area (Å²) >= 11 is 0. The highest BCUT2D eigenvalue weighted by Gasteiger charge is 2.40. The van der Waals surface area contributed by atoms with Gasteiger partial charge >= 0.3 is 0 Å². The van der Waals surface area contributed by atoms with Crippen LogP contribution in [0.2, 0.25) is 0 Å². The van der Waals surface area contributed by atoms with E-state index in [4.69, 9.17) is 0 Å². The number of benzene rings is 1. The summed E-state index contributed by atoms with van der Waals surface area (Å²) in [6.45, 7) is 7.19. The minimum atomic E-state index is -0.505. The van der Waals surface area contributed by atoms with Crippen molar-refractivity contribution in [2.24, 2.45) is 11.8 Å². The number of carbonyl (C=O) groups excluding carboxylic acids is 2. The predicted molar refractivity (Wildman–Crippen MR) is 107 cm³/mol. The van der Waals surface area contributed by atoms with Gasteiger partial charge in [-0.2, -0.15) is 0 Å². The Bertz CT molecular complexity index is 642. The van der Waals surface area contributed by atoms with Gasteiger partial charge in [0.2, 0.25) is 11.8 Å². The van der Waals surface area contributed by atoms with Crippen LogP contribution in [0, 0.1) is 25.7 Å². The van der Waals surface area contributed by atoms with Gasteiger partial charge in [0, 0.05) is 25.3 Å². The van der Waals surface area contributed by atoms with Crippen LogP contribution in [0.3, 0.4) is 0 Å². The third-order valence-corrected chi connectivity index (χ3v) is 5.35. The lowest BCUT2D eigenvalue weighted by molar-refractivity contribution is -0.141. The lowest BCUT2D eigenvalue weighted by Gasteiger charge is -2.34. The first-order chi connectivity index (χ1) is 12.0. The molecule has 26 heavy (non-hydrogen) atoms. The van der Waals surface area contributed by atoms with Gasteiger partial charge in [0.15, 0.2) is 0 Å². The number of amides is 2. The fourth-order valence-corrected chi connectivity index (χ4v) is 4.21. The molecule has 1 aromatic carbocycles. The molecule has 2 fully saturated rings. The van der Waals surface area contributed by atoms with Crippen LogP contribution in [-0.4, -0.2) is 49.9 Å². The highest BCUT2D eigenvalue weighted by Crippen LogP contribution is 2.29. The van der Waals surface area contributed by atoms with Crippen LogP contribution in [0.25, 0.3) is 0 Å². The normalized spacial score (nSPS) is 23.1. The van der Waals surface area contributed by atoms with Crippen molar-refractivity contribution in [2.75, 3.05) is 38.1 Å². The van der Waals surface area contributed by atoms with E-state index in [0.717, 1.165) is 49.3 Å². The fraction of sp³-hybridized carbons (Fsp3) is 0.600. The Morgan fingerprint density at radius 2 is 1.85 bits per heavy atom. The monoisotopic (exact) mass is 379 g/mol. The maximum Gasteiger partial charge on any atom is 0.239 e. The Kier molecular flexibility index (Phi) is 7.07. The van der Waals surface area contributed by atoms with Crippen LogP contribution in [-0.2, 0) is 9.59 Å². The molecule has 1 N–H and O–H groups in total. The molecule has 2 unspecified atom stereocenters. The largest absolute Gasteiger partial charge is 0.342 e. The molecule has 2 amide bonds. The maximum atomic E-state index is 12.9. The van der Waals surface area contributed by atoms with Gasteiger partial charge in [-0.1, -0.05) is 6.07 Å². The summed E-state index contributed by atoms with van der Waals surface area (Å²) in [4.78, 5) is 29.5. The van der Waals surface area contributed by atoms with Crippen molar-refractivity contribution in [2.45, 2.75) is 33.1 Å². The molecular formula is C20H30ClN3O2. The summed E-state index contributed by atoms with van der Waals surface area (Å²) in [5.41, 5.74) is 3.21. The number of nitrogens with one attached hydrogen (secondary N) is 1. The average molecular weight is 380 g/mol. The number of piperidine rings is 1. The van der Waals surface area contributed by atoms with E-state index in [2.05, 4.69) is 11.4 Å². The quantitative estimate of drug-likeness (QED) is 0.818. The van der Waals surface area contributed by atoms with Gasteiger partial charge in [0.25, 0.3) is 0 Å². The molecular weight excluding hydrogens is 350 g/mol. The lowest BCUT2D eigenvalue weighted by Crippen LogP contribution is -2.46. The molecule has 2 aliphatic rings. The molecule has 144 valence electrons. The maximum absolute atomic E-state index is 12.9. The number of anilines is 1. The summed E-state index contributed by atoms with van der Waals surface area (Å²) in [6, 6.07) is 6.16. The van der Waals surface area contributed by atoms with Crippen molar-refractivity contribution in [1.29, 1.82) is 0 Å². The second-order valence-corrected chi connectivity index (χ2v) is 7.53. The first-order valence-corrected chi connectivity index (χ1v) is 9.32.